The quantitative estimate of drug-likeness (QED) is 0.431. The Morgan fingerprint density at radius 1 is 1.08 bits per heavy atom. The van der Waals surface area contributed by atoms with Crippen molar-refractivity contribution in [3.05, 3.63) is 64.9 Å². The van der Waals surface area contributed by atoms with Gasteiger partial charge in [0.2, 0.25) is 0 Å². The molecule has 4 aromatic rings. The second-order valence-electron chi connectivity index (χ2n) is 5.89. The molecule has 4 rings (SSSR count). The Balaban J connectivity index is 1.64. The van der Waals surface area contributed by atoms with Crippen LogP contribution in [0.15, 0.2) is 60.0 Å². The van der Waals surface area contributed by atoms with Gasteiger partial charge in [-0.3, -0.25) is 4.79 Å². The van der Waals surface area contributed by atoms with Crippen LogP contribution in [0.5, 0.6) is 0 Å². The number of nitrogen functional groups attached to an aromatic ring is 1. The first-order chi connectivity index (χ1) is 12.1. The van der Waals surface area contributed by atoms with E-state index in [-0.39, 0.29) is 5.91 Å². The molecule has 0 aliphatic rings. The topological polar surface area (TPSA) is 55.1 Å². The van der Waals surface area contributed by atoms with E-state index in [2.05, 4.69) is 29.6 Å². The van der Waals surface area contributed by atoms with Crippen molar-refractivity contribution in [2.24, 2.45) is 0 Å². The molecule has 2 heterocycles. The minimum absolute atomic E-state index is 0.131. The van der Waals surface area contributed by atoms with Crippen LogP contribution < -0.4 is 16.5 Å². The molecule has 0 unspecified atom stereocenters. The number of nitrogens with two attached hydrogens (primary N) is 1. The maximum atomic E-state index is 12.7. The van der Waals surface area contributed by atoms with Gasteiger partial charge in [0.05, 0.1) is 16.3 Å². The number of nitrogens with one attached hydrogen (secondary N) is 1. The summed E-state index contributed by atoms with van der Waals surface area (Å²) in [5, 5.41) is 6.08. The summed E-state index contributed by atoms with van der Waals surface area (Å²) in [6.07, 6.45) is 0. The van der Waals surface area contributed by atoms with Gasteiger partial charge in [-0.05, 0) is 46.7 Å². The fourth-order valence-corrected chi connectivity index (χ4v) is 4.38. The zero-order valence-corrected chi connectivity index (χ0v) is 15.2. The minimum Gasteiger partial charge on any atom is -0.397 e. The summed E-state index contributed by atoms with van der Waals surface area (Å²) in [6, 6.07) is 17.9. The van der Waals surface area contributed by atoms with Crippen molar-refractivity contribution >= 4 is 63.4 Å². The van der Waals surface area contributed by atoms with E-state index in [1.54, 1.807) is 11.3 Å². The predicted molar refractivity (Wildman–Crippen MR) is 112 cm³/mol. The summed E-state index contributed by atoms with van der Waals surface area (Å²) in [5.41, 5.74) is 9.49. The number of rotatable bonds is 3. The molecule has 3 nitrogen and oxygen atoms in total. The van der Waals surface area contributed by atoms with Crippen LogP contribution in [0.25, 0.3) is 20.5 Å². The van der Waals surface area contributed by atoms with Crippen molar-refractivity contribution in [3.8, 4) is 10.4 Å². The third-order valence-corrected chi connectivity index (χ3v) is 6.04. The number of anilines is 2. The summed E-state index contributed by atoms with van der Waals surface area (Å²) >= 11 is 3.15. The Morgan fingerprint density at radius 3 is 2.76 bits per heavy atom. The lowest BCUT2D eigenvalue weighted by atomic mass is 9.95. The molecule has 0 saturated carbocycles. The van der Waals surface area contributed by atoms with E-state index >= 15 is 0 Å². The molecule has 0 radical (unpaired) electrons. The fourth-order valence-electron chi connectivity index (χ4n) is 2.72. The predicted octanol–water partition coefficient (Wildman–Crippen LogP) is 3.72. The molecule has 0 bridgehead atoms. The first-order valence-electron chi connectivity index (χ1n) is 7.85. The van der Waals surface area contributed by atoms with E-state index in [0.29, 0.717) is 16.3 Å². The van der Waals surface area contributed by atoms with Gasteiger partial charge in [-0.25, -0.2) is 0 Å². The molecular formula is C19H15BN2OS2. The number of amides is 1. The van der Waals surface area contributed by atoms with Gasteiger partial charge in [0.1, 0.15) is 7.85 Å². The standard InChI is InChI=1S/C19H15BN2OS2/c20-13-4-6-17-12(8-13)10-18(25-17)19(23)22-15-9-11(3-5-14(15)21)16-2-1-7-24-16/h1-10H,20-21H2,(H,22,23). The van der Waals surface area contributed by atoms with Gasteiger partial charge in [0, 0.05) is 9.58 Å². The van der Waals surface area contributed by atoms with Crippen molar-refractivity contribution in [1.29, 1.82) is 0 Å². The van der Waals surface area contributed by atoms with Crippen LogP contribution in [-0.2, 0) is 0 Å². The number of benzene rings is 2. The summed E-state index contributed by atoms with van der Waals surface area (Å²) in [6.45, 7) is 0. The van der Waals surface area contributed by atoms with Gasteiger partial charge >= 0.3 is 0 Å². The molecular weight excluding hydrogens is 347 g/mol. The van der Waals surface area contributed by atoms with Crippen molar-refractivity contribution in [1.82, 2.24) is 0 Å². The highest BCUT2D eigenvalue weighted by Gasteiger charge is 2.13. The minimum atomic E-state index is -0.131. The molecule has 0 aliphatic heterocycles. The Kier molecular flexibility index (Phi) is 4.07. The molecule has 0 saturated heterocycles. The number of hydrogen-bond acceptors (Lipinski definition) is 4. The highest BCUT2D eigenvalue weighted by Crippen LogP contribution is 2.31. The molecule has 25 heavy (non-hydrogen) atoms. The number of thiophene rings is 2. The number of carbonyl (C=O) groups is 1. The fraction of sp³-hybridized carbons (Fsp3) is 0. The summed E-state index contributed by atoms with van der Waals surface area (Å²) in [7, 11) is 2.05. The average Bonchev–Trinajstić information content (AvgIpc) is 3.25. The molecule has 2 aromatic heterocycles. The normalized spacial score (nSPS) is 10.9. The maximum Gasteiger partial charge on any atom is 0.265 e. The van der Waals surface area contributed by atoms with Crippen LogP contribution in [0.3, 0.4) is 0 Å². The van der Waals surface area contributed by atoms with Gasteiger partial charge < -0.3 is 11.1 Å². The third-order valence-electron chi connectivity index (χ3n) is 4.00. The van der Waals surface area contributed by atoms with Crippen molar-refractivity contribution < 1.29 is 4.79 Å². The Labute approximate surface area is 154 Å². The van der Waals surface area contributed by atoms with Gasteiger partial charge in [0.15, 0.2) is 0 Å². The summed E-state index contributed by atoms with van der Waals surface area (Å²) < 4.78 is 1.11. The van der Waals surface area contributed by atoms with Crippen LogP contribution >= 0.6 is 22.7 Å². The molecule has 6 heteroatoms. The van der Waals surface area contributed by atoms with E-state index in [1.165, 1.54) is 16.8 Å². The van der Waals surface area contributed by atoms with E-state index in [1.807, 2.05) is 43.6 Å². The van der Waals surface area contributed by atoms with Gasteiger partial charge in [-0.15, -0.1) is 22.7 Å². The number of carbonyl (C=O) groups excluding carboxylic acids is 1. The second kappa shape index (κ2) is 6.39. The number of fused-ring (bicyclic) bond motifs is 1. The van der Waals surface area contributed by atoms with Gasteiger partial charge in [0.25, 0.3) is 5.91 Å². The molecule has 0 atom stereocenters. The number of hydrogen-bond donors (Lipinski definition) is 2. The van der Waals surface area contributed by atoms with Gasteiger partial charge in [-0.1, -0.05) is 29.7 Å². The highest BCUT2D eigenvalue weighted by atomic mass is 32.1. The van der Waals surface area contributed by atoms with Crippen LogP contribution in [0.2, 0.25) is 0 Å². The molecule has 0 spiro atoms. The summed E-state index contributed by atoms with van der Waals surface area (Å²) in [4.78, 5) is 14.5. The zero-order valence-electron chi connectivity index (χ0n) is 13.6. The smallest absolute Gasteiger partial charge is 0.265 e. The molecule has 1 amide bonds. The Morgan fingerprint density at radius 2 is 1.96 bits per heavy atom. The van der Waals surface area contributed by atoms with E-state index in [0.717, 1.165) is 20.5 Å². The van der Waals surface area contributed by atoms with Crippen molar-refractivity contribution in [2.75, 3.05) is 11.1 Å². The first kappa shape index (κ1) is 15.9. The van der Waals surface area contributed by atoms with E-state index < -0.39 is 0 Å². The van der Waals surface area contributed by atoms with Crippen molar-refractivity contribution in [2.45, 2.75) is 0 Å². The van der Waals surface area contributed by atoms with E-state index in [9.17, 15) is 4.79 Å². The molecule has 0 aliphatic carbocycles. The molecule has 2 aromatic carbocycles. The Hall–Kier alpha value is -2.57. The van der Waals surface area contributed by atoms with Crippen LogP contribution in [-0.4, -0.2) is 13.8 Å². The summed E-state index contributed by atoms with van der Waals surface area (Å²) in [5.74, 6) is -0.131. The average molecular weight is 362 g/mol. The lowest BCUT2D eigenvalue weighted by Gasteiger charge is -2.09. The highest BCUT2D eigenvalue weighted by molar-refractivity contribution is 7.21. The van der Waals surface area contributed by atoms with E-state index in [4.69, 9.17) is 5.73 Å². The first-order valence-corrected chi connectivity index (χ1v) is 9.55. The third kappa shape index (κ3) is 3.18. The van der Waals surface area contributed by atoms with Crippen molar-refractivity contribution in [3.63, 3.8) is 0 Å². The lowest BCUT2D eigenvalue weighted by molar-refractivity contribution is 0.103. The van der Waals surface area contributed by atoms with Crippen LogP contribution in [0, 0.1) is 0 Å². The molecule has 3 N–H and O–H groups in total. The molecule has 0 fully saturated rings. The monoisotopic (exact) mass is 362 g/mol. The molecule has 122 valence electrons. The maximum absolute atomic E-state index is 12.7. The van der Waals surface area contributed by atoms with Gasteiger partial charge in [-0.2, -0.15) is 0 Å². The lowest BCUT2D eigenvalue weighted by Crippen LogP contribution is -2.11. The van der Waals surface area contributed by atoms with Crippen LogP contribution in [0.4, 0.5) is 11.4 Å². The zero-order chi connectivity index (χ0) is 17.4. The SMILES string of the molecule is Bc1ccc2sc(C(=O)Nc3cc(-c4cccs4)ccc3N)cc2c1. The second-order valence-corrected chi connectivity index (χ2v) is 7.92. The van der Waals surface area contributed by atoms with Crippen LogP contribution in [0.1, 0.15) is 9.67 Å². The largest absolute Gasteiger partial charge is 0.397 e. The Bertz CT molecular complexity index is 1070.